The van der Waals surface area contributed by atoms with E-state index >= 15 is 0 Å². The lowest BCUT2D eigenvalue weighted by Gasteiger charge is -2.27. The Morgan fingerprint density at radius 2 is 1.65 bits per heavy atom. The average molecular weight is 552 g/mol. The van der Waals surface area contributed by atoms with Crippen molar-refractivity contribution in [3.05, 3.63) is 71.3 Å². The van der Waals surface area contributed by atoms with Gasteiger partial charge in [0.25, 0.3) is 0 Å². The van der Waals surface area contributed by atoms with Crippen molar-refractivity contribution in [3.8, 4) is 0 Å². The van der Waals surface area contributed by atoms with E-state index in [-0.39, 0.29) is 12.0 Å². The molecule has 9 nitrogen and oxygen atoms in total. The smallest absolute Gasteiger partial charge is 0.338 e. The van der Waals surface area contributed by atoms with Crippen LogP contribution in [0.5, 0.6) is 0 Å². The summed E-state index contributed by atoms with van der Waals surface area (Å²) in [5.41, 5.74) is 2.69. The van der Waals surface area contributed by atoms with Crippen molar-refractivity contribution in [2.75, 3.05) is 39.8 Å². The zero-order valence-corrected chi connectivity index (χ0v) is 25.2. The summed E-state index contributed by atoms with van der Waals surface area (Å²) in [6.45, 7) is 15.3. The molecule has 2 heterocycles. The molecule has 0 amide bonds. The van der Waals surface area contributed by atoms with Crippen molar-refractivity contribution < 1.29 is 9.53 Å². The minimum atomic E-state index is -0.265. The van der Waals surface area contributed by atoms with E-state index in [0.717, 1.165) is 42.3 Å². The minimum Gasteiger partial charge on any atom is -0.462 e. The topological polar surface area (TPSA) is 93.4 Å². The summed E-state index contributed by atoms with van der Waals surface area (Å²) >= 11 is 0. The molecule has 40 heavy (non-hydrogen) atoms. The van der Waals surface area contributed by atoms with Gasteiger partial charge in [0.2, 0.25) is 0 Å². The van der Waals surface area contributed by atoms with E-state index in [4.69, 9.17) is 4.74 Å². The maximum atomic E-state index is 13.0. The Bertz CT molecular complexity index is 1100. The SMILES string of the molecule is CCCN(CCC)CCCCN(C)Cc1ccc(CN(Cc2ncc[nH]2)C(C)c2ncc[nH]2)cc1C(=O)OCC. The maximum absolute atomic E-state index is 13.0. The number of nitrogens with zero attached hydrogens (tertiary/aromatic N) is 5. The maximum Gasteiger partial charge on any atom is 0.338 e. The summed E-state index contributed by atoms with van der Waals surface area (Å²) in [5.74, 6) is 1.51. The zero-order valence-electron chi connectivity index (χ0n) is 25.2. The predicted octanol–water partition coefficient (Wildman–Crippen LogP) is 5.41. The molecule has 1 atom stereocenters. The van der Waals surface area contributed by atoms with Gasteiger partial charge in [0.15, 0.2) is 0 Å². The van der Waals surface area contributed by atoms with E-state index < -0.39 is 0 Å². The van der Waals surface area contributed by atoms with Crippen molar-refractivity contribution in [1.82, 2.24) is 34.6 Å². The van der Waals surface area contributed by atoms with Gasteiger partial charge in [0.05, 0.1) is 24.8 Å². The largest absolute Gasteiger partial charge is 0.462 e. The number of aromatic nitrogens is 4. The molecule has 0 saturated heterocycles. The van der Waals surface area contributed by atoms with Crippen LogP contribution in [0.25, 0.3) is 0 Å². The van der Waals surface area contributed by atoms with Crippen molar-refractivity contribution in [1.29, 1.82) is 0 Å². The Labute approximate surface area is 240 Å². The van der Waals surface area contributed by atoms with Crippen LogP contribution >= 0.6 is 0 Å². The lowest BCUT2D eigenvalue weighted by Crippen LogP contribution is -2.28. The van der Waals surface area contributed by atoms with Crippen LogP contribution in [0.15, 0.2) is 43.0 Å². The van der Waals surface area contributed by atoms with Gasteiger partial charge >= 0.3 is 5.97 Å². The first kappa shape index (κ1) is 31.5. The monoisotopic (exact) mass is 551 g/mol. The van der Waals surface area contributed by atoms with Crippen molar-refractivity contribution in [3.63, 3.8) is 0 Å². The van der Waals surface area contributed by atoms with Crippen molar-refractivity contribution in [2.45, 2.75) is 79.1 Å². The van der Waals surface area contributed by atoms with Gasteiger partial charge in [-0.2, -0.15) is 0 Å². The molecule has 0 radical (unpaired) electrons. The van der Waals surface area contributed by atoms with E-state index in [0.29, 0.717) is 31.8 Å². The van der Waals surface area contributed by atoms with Crippen molar-refractivity contribution >= 4 is 5.97 Å². The van der Waals surface area contributed by atoms with E-state index in [1.165, 1.54) is 32.4 Å². The Kier molecular flexibility index (Phi) is 13.4. The highest BCUT2D eigenvalue weighted by molar-refractivity contribution is 5.91. The highest BCUT2D eigenvalue weighted by Gasteiger charge is 2.21. The number of imidazole rings is 2. The molecule has 0 bridgehead atoms. The molecular formula is C31H49N7O2. The number of hydrogen-bond donors (Lipinski definition) is 2. The number of unbranched alkanes of at least 4 members (excludes halogenated alkanes) is 1. The number of benzene rings is 1. The van der Waals surface area contributed by atoms with Crippen LogP contribution in [-0.2, 0) is 24.4 Å². The van der Waals surface area contributed by atoms with Gasteiger partial charge in [-0.3, -0.25) is 4.90 Å². The molecule has 9 heteroatoms. The Morgan fingerprint density at radius 1 is 0.925 bits per heavy atom. The summed E-state index contributed by atoms with van der Waals surface area (Å²) in [7, 11) is 2.13. The first-order valence-electron chi connectivity index (χ1n) is 14.9. The Morgan fingerprint density at radius 3 is 2.30 bits per heavy atom. The fourth-order valence-electron chi connectivity index (χ4n) is 5.13. The normalized spacial score (nSPS) is 12.5. The Balaban J connectivity index is 1.69. The highest BCUT2D eigenvalue weighted by atomic mass is 16.5. The van der Waals surface area contributed by atoms with Crippen LogP contribution in [-0.4, -0.2) is 80.4 Å². The van der Waals surface area contributed by atoms with E-state index in [1.54, 1.807) is 12.4 Å². The number of rotatable bonds is 19. The lowest BCUT2D eigenvalue weighted by atomic mass is 10.0. The quantitative estimate of drug-likeness (QED) is 0.152. The molecule has 1 unspecified atom stereocenters. The zero-order chi connectivity index (χ0) is 28.7. The average Bonchev–Trinajstić information content (AvgIpc) is 3.66. The number of ether oxygens (including phenoxy) is 1. The van der Waals surface area contributed by atoms with E-state index in [9.17, 15) is 4.79 Å². The summed E-state index contributed by atoms with van der Waals surface area (Å²) < 4.78 is 5.47. The van der Waals surface area contributed by atoms with Crippen LogP contribution in [0.1, 0.15) is 92.6 Å². The third kappa shape index (κ3) is 9.87. The standard InChI is InChI=1S/C31H49N7O2/c1-6-17-37(18-7-2)20-10-9-19-36(5)23-27-12-11-26(21-28(27)31(39)40-8-3)22-38(24-29-32-13-14-33-29)25(4)30-34-15-16-35-30/h11-16,21,25H,6-10,17-20,22-24H2,1-5H3,(H,32,33)(H,34,35). The fourth-order valence-corrected chi connectivity index (χ4v) is 5.13. The van der Waals surface area contributed by atoms with Crippen LogP contribution in [0.3, 0.4) is 0 Å². The molecule has 0 spiro atoms. The van der Waals surface area contributed by atoms with Crippen LogP contribution in [0, 0.1) is 0 Å². The molecular weight excluding hydrogens is 502 g/mol. The minimum absolute atomic E-state index is 0.0301. The lowest BCUT2D eigenvalue weighted by molar-refractivity contribution is 0.0523. The van der Waals surface area contributed by atoms with Crippen LogP contribution in [0.2, 0.25) is 0 Å². The van der Waals surface area contributed by atoms with Gasteiger partial charge in [-0.1, -0.05) is 26.0 Å². The molecule has 0 saturated carbocycles. The van der Waals surface area contributed by atoms with Gasteiger partial charge in [-0.05, 0) is 90.0 Å². The third-order valence-electron chi connectivity index (χ3n) is 7.21. The van der Waals surface area contributed by atoms with Gasteiger partial charge in [0, 0.05) is 37.9 Å². The first-order chi connectivity index (χ1) is 19.4. The molecule has 220 valence electrons. The summed E-state index contributed by atoms with van der Waals surface area (Å²) in [4.78, 5) is 35.5. The van der Waals surface area contributed by atoms with Gasteiger partial charge in [-0.15, -0.1) is 0 Å². The summed E-state index contributed by atoms with van der Waals surface area (Å²) in [6.07, 6.45) is 11.9. The molecule has 0 fully saturated rings. The summed E-state index contributed by atoms with van der Waals surface area (Å²) in [5, 5.41) is 0. The second kappa shape index (κ2) is 16.9. The molecule has 0 aliphatic rings. The van der Waals surface area contributed by atoms with Crippen LogP contribution < -0.4 is 0 Å². The molecule has 3 aromatic rings. The van der Waals surface area contributed by atoms with Crippen LogP contribution in [0.4, 0.5) is 0 Å². The highest BCUT2D eigenvalue weighted by Crippen LogP contribution is 2.24. The van der Waals surface area contributed by atoms with E-state index in [1.807, 2.05) is 25.4 Å². The molecule has 0 aliphatic carbocycles. The first-order valence-corrected chi connectivity index (χ1v) is 14.9. The second-order valence-corrected chi connectivity index (χ2v) is 10.6. The number of esters is 1. The number of hydrogen-bond acceptors (Lipinski definition) is 7. The Hall–Kier alpha value is -3.01. The number of H-pyrrole nitrogens is 2. The van der Waals surface area contributed by atoms with Gasteiger partial charge < -0.3 is 24.5 Å². The molecule has 2 aromatic heterocycles. The van der Waals surface area contributed by atoms with Crippen molar-refractivity contribution in [2.24, 2.45) is 0 Å². The number of carbonyl (C=O) groups is 1. The molecule has 2 N–H and O–H groups in total. The number of aromatic amines is 2. The molecule has 3 rings (SSSR count). The van der Waals surface area contributed by atoms with Gasteiger partial charge in [0.1, 0.15) is 11.6 Å². The number of carbonyl (C=O) groups excluding carboxylic acids is 1. The predicted molar refractivity (Wildman–Crippen MR) is 160 cm³/mol. The fraction of sp³-hybridized carbons (Fsp3) is 0.581. The second-order valence-electron chi connectivity index (χ2n) is 10.6. The molecule has 0 aliphatic heterocycles. The number of nitrogens with one attached hydrogen (secondary N) is 2. The third-order valence-corrected chi connectivity index (χ3v) is 7.21. The summed E-state index contributed by atoms with van der Waals surface area (Å²) in [6, 6.07) is 6.25. The van der Waals surface area contributed by atoms with Gasteiger partial charge in [-0.25, -0.2) is 14.8 Å². The molecule has 1 aromatic carbocycles. The van der Waals surface area contributed by atoms with E-state index in [2.05, 4.69) is 74.6 Å².